The molecule has 8 nitrogen and oxygen atoms in total. The van der Waals surface area contributed by atoms with Gasteiger partial charge in [0.1, 0.15) is 6.04 Å². The molecule has 30 heavy (non-hydrogen) atoms. The van der Waals surface area contributed by atoms with Crippen molar-refractivity contribution in [1.82, 2.24) is 15.2 Å². The van der Waals surface area contributed by atoms with Gasteiger partial charge in [-0.3, -0.25) is 14.4 Å². The Labute approximate surface area is 178 Å². The lowest BCUT2D eigenvalue weighted by Crippen LogP contribution is -2.49. The van der Waals surface area contributed by atoms with E-state index in [1.54, 1.807) is 11.3 Å². The van der Waals surface area contributed by atoms with Crippen molar-refractivity contribution in [2.24, 2.45) is 0 Å². The van der Waals surface area contributed by atoms with Gasteiger partial charge in [0.25, 0.3) is 5.91 Å². The number of likely N-dealkylation sites (tertiary alicyclic amines) is 1. The zero-order valence-corrected chi connectivity index (χ0v) is 17.9. The standard InChI is InChI=1S/C21H25N3O5S/c1-12-19(30-11-23-12)16-6-4-15(5-7-16)9-22-20(27)18-8-17(26)10-24(18)21(28)13(2)29-14(3)25/h4-7,11,13,17-18,26H,8-10H2,1-3H3,(H,22,27)/t13-,17+,18-/m0/s1. The SMILES string of the molecule is CC(=O)O[C@@H](C)C(=O)N1C[C@H](O)C[C@H]1C(=O)NCc1ccc(-c2scnc2C)cc1. The van der Waals surface area contributed by atoms with Crippen molar-refractivity contribution in [2.45, 2.75) is 52.0 Å². The number of carbonyl (C=O) groups excluding carboxylic acids is 3. The number of esters is 1. The number of aliphatic hydroxyl groups is 1. The minimum absolute atomic E-state index is 0.0332. The Morgan fingerprint density at radius 2 is 2.03 bits per heavy atom. The van der Waals surface area contributed by atoms with Crippen LogP contribution in [0, 0.1) is 6.92 Å². The first kappa shape index (κ1) is 21.9. The Hall–Kier alpha value is -2.78. The van der Waals surface area contributed by atoms with Crippen molar-refractivity contribution < 1.29 is 24.2 Å². The molecule has 1 fully saturated rings. The number of aliphatic hydroxyl groups excluding tert-OH is 1. The van der Waals surface area contributed by atoms with E-state index >= 15 is 0 Å². The van der Waals surface area contributed by atoms with Crippen molar-refractivity contribution in [2.75, 3.05) is 6.54 Å². The number of thiazole rings is 1. The van der Waals surface area contributed by atoms with Crippen LogP contribution < -0.4 is 5.32 Å². The summed E-state index contributed by atoms with van der Waals surface area (Å²) in [5, 5.41) is 12.8. The summed E-state index contributed by atoms with van der Waals surface area (Å²) >= 11 is 1.58. The fourth-order valence-electron chi connectivity index (χ4n) is 3.50. The highest BCUT2D eigenvalue weighted by molar-refractivity contribution is 7.13. The third-order valence-electron chi connectivity index (χ3n) is 4.98. The van der Waals surface area contributed by atoms with Gasteiger partial charge in [0.05, 0.1) is 22.2 Å². The van der Waals surface area contributed by atoms with Gasteiger partial charge in [0.2, 0.25) is 5.91 Å². The summed E-state index contributed by atoms with van der Waals surface area (Å²) in [5.41, 5.74) is 4.78. The molecule has 1 aromatic heterocycles. The molecular weight excluding hydrogens is 406 g/mol. The number of aromatic nitrogens is 1. The Morgan fingerprint density at radius 3 is 2.63 bits per heavy atom. The second kappa shape index (κ2) is 9.36. The normalized spacial score (nSPS) is 19.4. The largest absolute Gasteiger partial charge is 0.453 e. The summed E-state index contributed by atoms with van der Waals surface area (Å²) in [7, 11) is 0. The van der Waals surface area contributed by atoms with E-state index in [1.165, 1.54) is 18.7 Å². The number of nitrogens with one attached hydrogen (secondary N) is 1. The van der Waals surface area contributed by atoms with Gasteiger partial charge in [-0.15, -0.1) is 11.3 Å². The van der Waals surface area contributed by atoms with E-state index in [2.05, 4.69) is 10.3 Å². The minimum Gasteiger partial charge on any atom is -0.453 e. The molecule has 2 N–H and O–H groups in total. The van der Waals surface area contributed by atoms with Gasteiger partial charge in [-0.1, -0.05) is 24.3 Å². The lowest BCUT2D eigenvalue weighted by Gasteiger charge is -2.26. The fourth-order valence-corrected chi connectivity index (χ4v) is 4.31. The molecule has 0 spiro atoms. The summed E-state index contributed by atoms with van der Waals surface area (Å²) in [6, 6.07) is 7.04. The van der Waals surface area contributed by atoms with Crippen molar-refractivity contribution in [3.8, 4) is 10.4 Å². The fraction of sp³-hybridized carbons (Fsp3) is 0.429. The summed E-state index contributed by atoms with van der Waals surface area (Å²) in [4.78, 5) is 43.0. The van der Waals surface area contributed by atoms with E-state index in [1.807, 2.05) is 36.7 Å². The third-order valence-corrected chi connectivity index (χ3v) is 5.96. The van der Waals surface area contributed by atoms with E-state index in [0.717, 1.165) is 21.7 Å². The first-order valence-electron chi connectivity index (χ1n) is 9.69. The van der Waals surface area contributed by atoms with E-state index in [-0.39, 0.29) is 18.9 Å². The molecule has 2 aromatic rings. The quantitative estimate of drug-likeness (QED) is 0.673. The molecule has 0 bridgehead atoms. The molecule has 1 aliphatic rings. The topological polar surface area (TPSA) is 109 Å². The van der Waals surface area contributed by atoms with Crippen LogP contribution in [0.3, 0.4) is 0 Å². The number of hydrogen-bond acceptors (Lipinski definition) is 7. The van der Waals surface area contributed by atoms with Gasteiger partial charge in [-0.05, 0) is 25.0 Å². The number of β-amino-alcohol motifs (C(OH)–C–C–N with tert-alkyl or cyclic N) is 1. The molecule has 3 rings (SSSR count). The number of carbonyl (C=O) groups is 3. The molecule has 1 saturated heterocycles. The second-order valence-corrected chi connectivity index (χ2v) is 8.18. The zero-order chi connectivity index (χ0) is 21.8. The number of ether oxygens (including phenoxy) is 1. The predicted octanol–water partition coefficient (Wildman–Crippen LogP) is 1.65. The average Bonchev–Trinajstić information content (AvgIpc) is 3.31. The predicted molar refractivity (Wildman–Crippen MR) is 111 cm³/mol. The summed E-state index contributed by atoms with van der Waals surface area (Å²) in [6.45, 7) is 4.97. The molecular formula is C21H25N3O5S. The molecule has 2 heterocycles. The molecule has 0 unspecified atom stereocenters. The van der Waals surface area contributed by atoms with Crippen LogP contribution in [0.15, 0.2) is 29.8 Å². The average molecular weight is 432 g/mol. The van der Waals surface area contributed by atoms with Crippen LogP contribution in [0.1, 0.15) is 31.5 Å². The zero-order valence-electron chi connectivity index (χ0n) is 17.1. The number of nitrogens with zero attached hydrogens (tertiary/aromatic N) is 2. The van der Waals surface area contributed by atoms with Crippen LogP contribution in [0.25, 0.3) is 10.4 Å². The monoisotopic (exact) mass is 431 g/mol. The lowest BCUT2D eigenvalue weighted by atomic mass is 10.1. The van der Waals surface area contributed by atoms with Crippen molar-refractivity contribution in [1.29, 1.82) is 0 Å². The number of amides is 2. The molecule has 3 atom stereocenters. The van der Waals surface area contributed by atoms with Crippen molar-refractivity contribution in [3.63, 3.8) is 0 Å². The van der Waals surface area contributed by atoms with Gasteiger partial charge in [0, 0.05) is 26.4 Å². The summed E-state index contributed by atoms with van der Waals surface area (Å²) in [5.74, 6) is -1.42. The van der Waals surface area contributed by atoms with Gasteiger partial charge < -0.3 is 20.1 Å². The molecule has 9 heteroatoms. The molecule has 0 radical (unpaired) electrons. The van der Waals surface area contributed by atoms with Gasteiger partial charge in [-0.25, -0.2) is 4.98 Å². The van der Waals surface area contributed by atoms with Crippen LogP contribution in [-0.4, -0.2) is 57.6 Å². The van der Waals surface area contributed by atoms with E-state index in [4.69, 9.17) is 4.74 Å². The van der Waals surface area contributed by atoms with Crippen molar-refractivity contribution in [3.05, 3.63) is 41.0 Å². The number of hydrogen-bond donors (Lipinski definition) is 2. The van der Waals surface area contributed by atoms with E-state index < -0.39 is 30.1 Å². The van der Waals surface area contributed by atoms with Crippen molar-refractivity contribution >= 4 is 29.1 Å². The van der Waals surface area contributed by atoms with E-state index in [9.17, 15) is 19.5 Å². The molecule has 2 amide bonds. The minimum atomic E-state index is -1.01. The maximum Gasteiger partial charge on any atom is 0.303 e. The Bertz CT molecular complexity index is 927. The third kappa shape index (κ3) is 5.03. The Balaban J connectivity index is 1.61. The maximum atomic E-state index is 12.7. The molecule has 160 valence electrons. The Morgan fingerprint density at radius 1 is 1.33 bits per heavy atom. The molecule has 1 aliphatic heterocycles. The van der Waals surface area contributed by atoms with Crippen LogP contribution in [0.4, 0.5) is 0 Å². The van der Waals surface area contributed by atoms with Crippen LogP contribution in [-0.2, 0) is 25.7 Å². The first-order chi connectivity index (χ1) is 14.3. The molecule has 0 saturated carbocycles. The Kier molecular flexibility index (Phi) is 6.84. The highest BCUT2D eigenvalue weighted by Gasteiger charge is 2.40. The van der Waals surface area contributed by atoms with Crippen LogP contribution >= 0.6 is 11.3 Å². The van der Waals surface area contributed by atoms with Gasteiger partial charge in [-0.2, -0.15) is 0 Å². The highest BCUT2D eigenvalue weighted by atomic mass is 32.1. The summed E-state index contributed by atoms with van der Waals surface area (Å²) in [6.07, 6.45) is -1.66. The second-order valence-electron chi connectivity index (χ2n) is 7.33. The highest BCUT2D eigenvalue weighted by Crippen LogP contribution is 2.27. The van der Waals surface area contributed by atoms with Gasteiger partial charge >= 0.3 is 5.97 Å². The number of rotatable bonds is 6. The first-order valence-corrected chi connectivity index (χ1v) is 10.6. The number of aryl methyl sites for hydroxylation is 1. The molecule has 1 aromatic carbocycles. The lowest BCUT2D eigenvalue weighted by molar-refractivity contribution is -0.158. The molecule has 0 aliphatic carbocycles. The smallest absolute Gasteiger partial charge is 0.303 e. The van der Waals surface area contributed by atoms with Gasteiger partial charge in [0.15, 0.2) is 6.10 Å². The van der Waals surface area contributed by atoms with Crippen LogP contribution in [0.2, 0.25) is 0 Å². The number of benzene rings is 1. The summed E-state index contributed by atoms with van der Waals surface area (Å²) < 4.78 is 4.92. The maximum absolute atomic E-state index is 12.7. The van der Waals surface area contributed by atoms with Crippen LogP contribution in [0.5, 0.6) is 0 Å². The van der Waals surface area contributed by atoms with E-state index in [0.29, 0.717) is 6.54 Å².